The Labute approximate surface area is 99.4 Å². The first kappa shape index (κ1) is 13.5. The second-order valence-corrected chi connectivity index (χ2v) is 5.26. The molecule has 0 aliphatic heterocycles. The molecule has 1 unspecified atom stereocenters. The minimum atomic E-state index is 0.267. The lowest BCUT2D eigenvalue weighted by Crippen LogP contribution is -2.37. The Morgan fingerprint density at radius 2 is 1.94 bits per heavy atom. The quantitative estimate of drug-likeness (QED) is 0.651. The third kappa shape index (κ3) is 4.52. The molecule has 0 aromatic carbocycles. The lowest BCUT2D eigenvalue weighted by Gasteiger charge is -2.24. The molecular formula is C13H26N2O. The first-order chi connectivity index (χ1) is 7.61. The number of nitrogens with one attached hydrogen (secondary N) is 2. The van der Waals surface area contributed by atoms with Crippen LogP contribution in [0.5, 0.6) is 0 Å². The molecule has 0 bridgehead atoms. The molecular weight excluding hydrogens is 200 g/mol. The highest BCUT2D eigenvalue weighted by atomic mass is 16.1. The Kier molecular flexibility index (Phi) is 5.81. The van der Waals surface area contributed by atoms with E-state index in [1.165, 1.54) is 6.42 Å². The molecule has 1 aliphatic carbocycles. The highest BCUT2D eigenvalue weighted by Gasteiger charge is 2.24. The molecule has 1 aliphatic rings. The van der Waals surface area contributed by atoms with Crippen molar-refractivity contribution < 1.29 is 4.79 Å². The van der Waals surface area contributed by atoms with Gasteiger partial charge in [0.05, 0.1) is 0 Å². The molecule has 0 aromatic rings. The molecule has 1 atom stereocenters. The summed E-state index contributed by atoms with van der Waals surface area (Å²) in [6.45, 7) is 8.45. The Hall–Kier alpha value is -0.570. The maximum Gasteiger partial charge on any atom is 0.223 e. The minimum Gasteiger partial charge on any atom is -0.356 e. The van der Waals surface area contributed by atoms with Crippen LogP contribution in [0.4, 0.5) is 0 Å². The number of hydrogen-bond acceptors (Lipinski definition) is 2. The van der Waals surface area contributed by atoms with Gasteiger partial charge in [0.2, 0.25) is 5.91 Å². The first-order valence-electron chi connectivity index (χ1n) is 6.62. The SMILES string of the molecule is CC(C)C(C)NCCCNC(=O)C1CCC1. The summed E-state index contributed by atoms with van der Waals surface area (Å²) in [5, 5.41) is 6.47. The van der Waals surface area contributed by atoms with Gasteiger partial charge in [0.1, 0.15) is 0 Å². The Balaban J connectivity index is 1.93. The van der Waals surface area contributed by atoms with Gasteiger partial charge < -0.3 is 10.6 Å². The molecule has 94 valence electrons. The summed E-state index contributed by atoms with van der Waals surface area (Å²) in [4.78, 5) is 11.5. The van der Waals surface area contributed by atoms with Crippen LogP contribution in [0.3, 0.4) is 0 Å². The minimum absolute atomic E-state index is 0.267. The summed E-state index contributed by atoms with van der Waals surface area (Å²) in [5.41, 5.74) is 0. The molecule has 0 radical (unpaired) electrons. The van der Waals surface area contributed by atoms with E-state index in [4.69, 9.17) is 0 Å². The predicted octanol–water partition coefficient (Wildman–Crippen LogP) is 1.93. The number of rotatable bonds is 7. The van der Waals surface area contributed by atoms with E-state index in [2.05, 4.69) is 31.4 Å². The summed E-state index contributed by atoms with van der Waals surface area (Å²) >= 11 is 0. The molecule has 1 rings (SSSR count). The fourth-order valence-corrected chi connectivity index (χ4v) is 1.68. The lowest BCUT2D eigenvalue weighted by atomic mass is 9.85. The van der Waals surface area contributed by atoms with E-state index in [1.54, 1.807) is 0 Å². The average molecular weight is 226 g/mol. The zero-order chi connectivity index (χ0) is 12.0. The van der Waals surface area contributed by atoms with Crippen LogP contribution in [0.25, 0.3) is 0 Å². The van der Waals surface area contributed by atoms with Crippen LogP contribution in [0.15, 0.2) is 0 Å². The van der Waals surface area contributed by atoms with E-state index in [1.807, 2.05) is 0 Å². The third-order valence-corrected chi connectivity index (χ3v) is 3.60. The molecule has 1 saturated carbocycles. The fraction of sp³-hybridized carbons (Fsp3) is 0.923. The first-order valence-corrected chi connectivity index (χ1v) is 6.62. The van der Waals surface area contributed by atoms with Gasteiger partial charge in [-0.1, -0.05) is 20.3 Å². The molecule has 1 amide bonds. The Bertz CT molecular complexity index is 212. The van der Waals surface area contributed by atoms with Crippen molar-refractivity contribution in [3.05, 3.63) is 0 Å². The van der Waals surface area contributed by atoms with E-state index in [9.17, 15) is 4.79 Å². The van der Waals surface area contributed by atoms with Crippen LogP contribution in [0, 0.1) is 11.8 Å². The molecule has 2 N–H and O–H groups in total. The van der Waals surface area contributed by atoms with E-state index in [0.717, 1.165) is 32.4 Å². The zero-order valence-electron chi connectivity index (χ0n) is 10.9. The van der Waals surface area contributed by atoms with Crippen LogP contribution < -0.4 is 10.6 Å². The van der Waals surface area contributed by atoms with Crippen molar-refractivity contribution >= 4 is 5.91 Å². The molecule has 3 nitrogen and oxygen atoms in total. The summed E-state index contributed by atoms with van der Waals surface area (Å²) in [6, 6.07) is 0.558. The lowest BCUT2D eigenvalue weighted by molar-refractivity contribution is -0.127. The van der Waals surface area contributed by atoms with Crippen molar-refractivity contribution in [1.29, 1.82) is 0 Å². The summed E-state index contributed by atoms with van der Waals surface area (Å²) in [7, 11) is 0. The fourth-order valence-electron chi connectivity index (χ4n) is 1.68. The van der Waals surface area contributed by atoms with Gasteiger partial charge in [-0.3, -0.25) is 4.79 Å². The molecule has 16 heavy (non-hydrogen) atoms. The van der Waals surface area contributed by atoms with Crippen molar-refractivity contribution in [3.8, 4) is 0 Å². The van der Waals surface area contributed by atoms with Crippen LogP contribution in [-0.2, 0) is 4.79 Å². The number of hydrogen-bond donors (Lipinski definition) is 2. The number of carbonyl (C=O) groups is 1. The van der Waals surface area contributed by atoms with Gasteiger partial charge in [-0.2, -0.15) is 0 Å². The van der Waals surface area contributed by atoms with Gasteiger partial charge in [0.15, 0.2) is 0 Å². The molecule has 0 saturated heterocycles. The maximum absolute atomic E-state index is 11.5. The van der Waals surface area contributed by atoms with Crippen molar-refractivity contribution in [2.75, 3.05) is 13.1 Å². The highest BCUT2D eigenvalue weighted by molar-refractivity contribution is 5.79. The molecule has 1 fully saturated rings. The normalized spacial score (nSPS) is 18.2. The molecule has 0 spiro atoms. The Morgan fingerprint density at radius 1 is 1.25 bits per heavy atom. The molecule has 3 heteroatoms. The van der Waals surface area contributed by atoms with Gasteiger partial charge in [0.25, 0.3) is 0 Å². The van der Waals surface area contributed by atoms with Crippen LogP contribution in [-0.4, -0.2) is 25.0 Å². The van der Waals surface area contributed by atoms with Crippen LogP contribution in [0.1, 0.15) is 46.5 Å². The number of amides is 1. The molecule has 0 heterocycles. The largest absolute Gasteiger partial charge is 0.356 e. The standard InChI is InChI=1S/C13H26N2O/c1-10(2)11(3)14-8-5-9-15-13(16)12-6-4-7-12/h10-12,14H,4-9H2,1-3H3,(H,15,16). The van der Waals surface area contributed by atoms with Gasteiger partial charge in [-0.15, -0.1) is 0 Å². The van der Waals surface area contributed by atoms with E-state index in [0.29, 0.717) is 17.9 Å². The second kappa shape index (κ2) is 6.89. The summed E-state index contributed by atoms with van der Waals surface area (Å²) < 4.78 is 0. The van der Waals surface area contributed by atoms with Crippen molar-refractivity contribution in [2.45, 2.75) is 52.5 Å². The monoisotopic (exact) mass is 226 g/mol. The zero-order valence-corrected chi connectivity index (χ0v) is 10.9. The summed E-state index contributed by atoms with van der Waals surface area (Å²) in [5.74, 6) is 1.26. The number of carbonyl (C=O) groups excluding carboxylic acids is 1. The molecule has 0 aromatic heterocycles. The topological polar surface area (TPSA) is 41.1 Å². The van der Waals surface area contributed by atoms with Gasteiger partial charge in [0, 0.05) is 18.5 Å². The van der Waals surface area contributed by atoms with Gasteiger partial charge >= 0.3 is 0 Å². The second-order valence-electron chi connectivity index (χ2n) is 5.26. The maximum atomic E-state index is 11.5. The highest BCUT2D eigenvalue weighted by Crippen LogP contribution is 2.25. The van der Waals surface area contributed by atoms with Gasteiger partial charge in [-0.25, -0.2) is 0 Å². The van der Waals surface area contributed by atoms with Crippen molar-refractivity contribution in [1.82, 2.24) is 10.6 Å². The van der Waals surface area contributed by atoms with Gasteiger partial charge in [-0.05, 0) is 38.6 Å². The van der Waals surface area contributed by atoms with Crippen LogP contribution >= 0.6 is 0 Å². The Morgan fingerprint density at radius 3 is 2.44 bits per heavy atom. The third-order valence-electron chi connectivity index (χ3n) is 3.60. The summed E-state index contributed by atoms with van der Waals surface area (Å²) in [6.07, 6.45) is 4.43. The smallest absolute Gasteiger partial charge is 0.223 e. The average Bonchev–Trinajstić information content (AvgIpc) is 2.13. The van der Waals surface area contributed by atoms with Crippen LogP contribution in [0.2, 0.25) is 0 Å². The van der Waals surface area contributed by atoms with E-state index < -0.39 is 0 Å². The predicted molar refractivity (Wildman–Crippen MR) is 67.3 cm³/mol. The van der Waals surface area contributed by atoms with E-state index in [-0.39, 0.29) is 5.91 Å². The van der Waals surface area contributed by atoms with Crippen molar-refractivity contribution in [3.63, 3.8) is 0 Å². The van der Waals surface area contributed by atoms with E-state index >= 15 is 0 Å². The van der Waals surface area contributed by atoms with Crippen molar-refractivity contribution in [2.24, 2.45) is 11.8 Å².